The number of aliphatic imine (C=N–C) groups is 1. The van der Waals surface area contributed by atoms with E-state index in [1.807, 2.05) is 86.3 Å². The third kappa shape index (κ3) is 9.08. The van der Waals surface area contributed by atoms with Gasteiger partial charge in [-0.2, -0.15) is 0 Å². The van der Waals surface area contributed by atoms with Crippen molar-refractivity contribution in [1.29, 1.82) is 0 Å². The van der Waals surface area contributed by atoms with Crippen molar-refractivity contribution in [3.05, 3.63) is 100 Å². The lowest BCUT2D eigenvalue weighted by Gasteiger charge is -2.32. The zero-order valence-electron chi connectivity index (χ0n) is 24.9. The lowest BCUT2D eigenvalue weighted by atomic mass is 9.88. The molecule has 1 fully saturated rings. The summed E-state index contributed by atoms with van der Waals surface area (Å²) in [5, 5.41) is 3.49. The molecular formula is C34H40ClN3O4. The number of rotatable bonds is 9. The fourth-order valence-corrected chi connectivity index (χ4v) is 5.18. The maximum absolute atomic E-state index is 13.1. The van der Waals surface area contributed by atoms with Crippen molar-refractivity contribution in [2.75, 3.05) is 26.7 Å². The normalized spacial score (nSPS) is 14.4. The maximum atomic E-state index is 13.1. The summed E-state index contributed by atoms with van der Waals surface area (Å²) >= 11 is 6.11. The van der Waals surface area contributed by atoms with Gasteiger partial charge in [0, 0.05) is 48.7 Å². The number of halogens is 1. The molecule has 3 aromatic carbocycles. The molecule has 0 bridgehead atoms. The van der Waals surface area contributed by atoms with E-state index in [4.69, 9.17) is 26.1 Å². The van der Waals surface area contributed by atoms with E-state index in [2.05, 4.69) is 17.4 Å². The smallest absolute Gasteiger partial charge is 0.407 e. The van der Waals surface area contributed by atoms with Gasteiger partial charge in [-0.05, 0) is 74.9 Å². The number of hydrogen-bond acceptors (Lipinski definition) is 5. The molecule has 2 amide bonds. The van der Waals surface area contributed by atoms with Crippen LogP contribution >= 0.6 is 11.6 Å². The van der Waals surface area contributed by atoms with E-state index in [0.29, 0.717) is 43.5 Å². The van der Waals surface area contributed by atoms with Crippen molar-refractivity contribution in [1.82, 2.24) is 10.2 Å². The second-order valence-electron chi connectivity index (χ2n) is 11.5. The summed E-state index contributed by atoms with van der Waals surface area (Å²) in [6, 6.07) is 23.6. The second kappa shape index (κ2) is 14.4. The van der Waals surface area contributed by atoms with Crippen LogP contribution in [-0.4, -0.2) is 55.0 Å². The van der Waals surface area contributed by atoms with Gasteiger partial charge in [0.15, 0.2) is 0 Å². The topological polar surface area (TPSA) is 80.2 Å². The Kier molecular flexibility index (Phi) is 10.6. The van der Waals surface area contributed by atoms with Gasteiger partial charge in [-0.25, -0.2) is 4.79 Å². The van der Waals surface area contributed by atoms with Crippen LogP contribution in [0.3, 0.4) is 0 Å². The first kappa shape index (κ1) is 31.1. The Hall–Kier alpha value is -3.84. The number of carbonyl (C=O) groups is 2. The third-order valence-electron chi connectivity index (χ3n) is 7.16. The fourth-order valence-electron chi connectivity index (χ4n) is 5.06. The van der Waals surface area contributed by atoms with Crippen molar-refractivity contribution in [3.8, 4) is 5.75 Å². The van der Waals surface area contributed by atoms with Crippen molar-refractivity contribution >= 4 is 29.3 Å². The first-order chi connectivity index (χ1) is 20.1. The van der Waals surface area contributed by atoms with Crippen LogP contribution in [0.5, 0.6) is 5.75 Å². The van der Waals surface area contributed by atoms with Crippen molar-refractivity contribution in [2.24, 2.45) is 4.99 Å². The van der Waals surface area contributed by atoms with Crippen molar-refractivity contribution in [2.45, 2.75) is 58.1 Å². The van der Waals surface area contributed by atoms with E-state index < -0.39 is 11.7 Å². The molecule has 1 saturated heterocycles. The van der Waals surface area contributed by atoms with Gasteiger partial charge in [-0.3, -0.25) is 9.79 Å². The molecule has 1 heterocycles. The number of alkyl carbamates (subject to hydrolysis) is 1. The van der Waals surface area contributed by atoms with Crippen LogP contribution in [0.2, 0.25) is 5.02 Å². The molecule has 0 spiro atoms. The maximum Gasteiger partial charge on any atom is 0.407 e. The lowest BCUT2D eigenvalue weighted by molar-refractivity contribution is -0.132. The molecule has 0 radical (unpaired) electrons. The van der Waals surface area contributed by atoms with Gasteiger partial charge in [-0.1, -0.05) is 60.1 Å². The van der Waals surface area contributed by atoms with Crippen LogP contribution in [-0.2, 0) is 16.1 Å². The molecule has 3 aromatic rings. The fraction of sp³-hybridized carbons (Fsp3) is 0.382. The summed E-state index contributed by atoms with van der Waals surface area (Å²) in [6.45, 7) is 7.77. The molecule has 8 heteroatoms. The van der Waals surface area contributed by atoms with Crippen molar-refractivity contribution < 1.29 is 19.1 Å². The minimum atomic E-state index is -0.529. The van der Waals surface area contributed by atoms with E-state index in [0.717, 1.165) is 41.0 Å². The van der Waals surface area contributed by atoms with Crippen LogP contribution in [0.4, 0.5) is 4.79 Å². The molecule has 0 atom stereocenters. The van der Waals surface area contributed by atoms with Crippen LogP contribution in [0.1, 0.15) is 68.2 Å². The van der Waals surface area contributed by atoms with E-state index in [9.17, 15) is 9.59 Å². The molecular weight excluding hydrogens is 550 g/mol. The number of hydrogen-bond donors (Lipinski definition) is 1. The number of carbonyl (C=O) groups excluding carboxylic acids is 2. The Morgan fingerprint density at radius 2 is 1.69 bits per heavy atom. The molecule has 0 saturated carbocycles. The standard InChI is InChI=1S/C34H40ClN3O4/c1-34(2,3)42-33(40)37-23-24-7-5-8-27(21-24)25-16-19-38(20-17-25)31(39)15-18-36-32(26-11-13-29(35)14-12-26)28-9-6-10-30(22-28)41-4/h5-14,21-22,25H,15-20,23H2,1-4H3,(H,37,40)/b36-32-. The second-order valence-corrected chi connectivity index (χ2v) is 11.9. The number of likely N-dealkylation sites (tertiary alicyclic amines) is 1. The van der Waals surface area contributed by atoms with Gasteiger partial charge in [-0.15, -0.1) is 0 Å². The summed E-state index contributed by atoms with van der Waals surface area (Å²) < 4.78 is 10.7. The van der Waals surface area contributed by atoms with Gasteiger partial charge < -0.3 is 19.7 Å². The Bertz CT molecular complexity index is 1390. The zero-order valence-corrected chi connectivity index (χ0v) is 25.6. The summed E-state index contributed by atoms with van der Waals surface area (Å²) in [5.74, 6) is 1.24. The number of methoxy groups -OCH3 is 1. The Morgan fingerprint density at radius 1 is 0.976 bits per heavy atom. The van der Waals surface area contributed by atoms with Crippen molar-refractivity contribution in [3.63, 3.8) is 0 Å². The highest BCUT2D eigenvalue weighted by molar-refractivity contribution is 6.30. The van der Waals surface area contributed by atoms with Gasteiger partial charge in [0.05, 0.1) is 12.8 Å². The molecule has 42 heavy (non-hydrogen) atoms. The summed E-state index contributed by atoms with van der Waals surface area (Å²) in [5.41, 5.74) is 4.40. The number of piperidine rings is 1. The first-order valence-electron chi connectivity index (χ1n) is 14.4. The van der Waals surface area contributed by atoms with Gasteiger partial charge in [0.25, 0.3) is 0 Å². The van der Waals surface area contributed by atoms with Crippen LogP contribution in [0.15, 0.2) is 77.8 Å². The average molecular weight is 590 g/mol. The molecule has 1 N–H and O–H groups in total. The number of ether oxygens (including phenoxy) is 2. The number of benzene rings is 3. The van der Waals surface area contributed by atoms with Crippen LogP contribution < -0.4 is 10.1 Å². The lowest BCUT2D eigenvalue weighted by Crippen LogP contribution is -2.38. The van der Waals surface area contributed by atoms with E-state index in [-0.39, 0.29) is 5.91 Å². The van der Waals surface area contributed by atoms with Gasteiger partial charge in [0.1, 0.15) is 11.4 Å². The Morgan fingerprint density at radius 3 is 2.38 bits per heavy atom. The molecule has 1 aliphatic heterocycles. The number of nitrogens with zero attached hydrogens (tertiary/aromatic N) is 2. The highest BCUT2D eigenvalue weighted by atomic mass is 35.5. The monoisotopic (exact) mass is 589 g/mol. The molecule has 1 aliphatic rings. The Balaban J connectivity index is 1.32. The molecule has 0 aliphatic carbocycles. The summed E-state index contributed by atoms with van der Waals surface area (Å²) in [6.07, 6.45) is 1.72. The van der Waals surface area contributed by atoms with Gasteiger partial charge in [0.2, 0.25) is 5.91 Å². The van der Waals surface area contributed by atoms with Gasteiger partial charge >= 0.3 is 6.09 Å². The minimum absolute atomic E-state index is 0.119. The summed E-state index contributed by atoms with van der Waals surface area (Å²) in [4.78, 5) is 31.9. The number of nitrogens with one attached hydrogen (secondary N) is 1. The highest BCUT2D eigenvalue weighted by Gasteiger charge is 2.24. The first-order valence-corrected chi connectivity index (χ1v) is 14.8. The van der Waals surface area contributed by atoms with E-state index in [1.165, 1.54) is 5.56 Å². The molecule has 0 aromatic heterocycles. The quantitative estimate of drug-likeness (QED) is 0.272. The zero-order chi connectivity index (χ0) is 30.1. The SMILES string of the molecule is COc1cccc(/C(=N\CCC(=O)N2CCC(c3cccc(CNC(=O)OC(C)(C)C)c3)CC2)c2ccc(Cl)cc2)c1. The molecule has 0 unspecified atom stereocenters. The Labute approximate surface area is 253 Å². The van der Waals surface area contributed by atoms with Crippen LogP contribution in [0.25, 0.3) is 0 Å². The van der Waals surface area contributed by atoms with Crippen LogP contribution in [0, 0.1) is 0 Å². The summed E-state index contributed by atoms with van der Waals surface area (Å²) in [7, 11) is 1.64. The number of amides is 2. The molecule has 7 nitrogen and oxygen atoms in total. The average Bonchev–Trinajstić information content (AvgIpc) is 2.98. The molecule has 222 valence electrons. The molecule has 4 rings (SSSR count). The largest absolute Gasteiger partial charge is 0.497 e. The highest BCUT2D eigenvalue weighted by Crippen LogP contribution is 2.29. The van der Waals surface area contributed by atoms with E-state index >= 15 is 0 Å². The minimum Gasteiger partial charge on any atom is -0.497 e. The predicted molar refractivity (Wildman–Crippen MR) is 168 cm³/mol. The predicted octanol–water partition coefficient (Wildman–Crippen LogP) is 7.01. The third-order valence-corrected chi connectivity index (χ3v) is 7.41. The van der Waals surface area contributed by atoms with E-state index in [1.54, 1.807) is 7.11 Å².